The molecule has 1 aromatic heterocycles. The number of thiophene rings is 1. The SMILES string of the molecule is N=C(N)c1csc(CNC(=O)CNC(=O)CNC(=O)c2ccc(Oc3ccccc3)cc2)c1. The van der Waals surface area contributed by atoms with Gasteiger partial charge in [0, 0.05) is 21.4 Å². The van der Waals surface area contributed by atoms with Crippen molar-refractivity contribution in [2.75, 3.05) is 13.1 Å². The summed E-state index contributed by atoms with van der Waals surface area (Å²) in [5.74, 6) is -0.0402. The molecule has 3 aromatic rings. The Labute approximate surface area is 194 Å². The van der Waals surface area contributed by atoms with E-state index in [-0.39, 0.29) is 31.4 Å². The van der Waals surface area contributed by atoms with Gasteiger partial charge in [-0.2, -0.15) is 0 Å². The predicted octanol–water partition coefficient (Wildman–Crippen LogP) is 1.99. The van der Waals surface area contributed by atoms with Crippen LogP contribution in [0, 0.1) is 5.41 Å². The normalized spacial score (nSPS) is 10.2. The van der Waals surface area contributed by atoms with Crippen LogP contribution >= 0.6 is 11.3 Å². The topological polar surface area (TPSA) is 146 Å². The summed E-state index contributed by atoms with van der Waals surface area (Å²) in [4.78, 5) is 36.9. The summed E-state index contributed by atoms with van der Waals surface area (Å²) >= 11 is 1.38. The molecule has 0 fully saturated rings. The van der Waals surface area contributed by atoms with Crippen LogP contribution in [0.25, 0.3) is 0 Å². The summed E-state index contributed by atoms with van der Waals surface area (Å²) in [6, 6.07) is 17.5. The van der Waals surface area contributed by atoms with Gasteiger partial charge in [0.2, 0.25) is 11.8 Å². The maximum Gasteiger partial charge on any atom is 0.251 e. The van der Waals surface area contributed by atoms with Crippen LogP contribution in [0.4, 0.5) is 0 Å². The second-order valence-corrected chi connectivity index (χ2v) is 7.89. The molecule has 10 heteroatoms. The fraction of sp³-hybridized carbons (Fsp3) is 0.130. The van der Waals surface area contributed by atoms with Crippen molar-refractivity contribution in [3.8, 4) is 11.5 Å². The first-order valence-corrected chi connectivity index (χ1v) is 10.8. The van der Waals surface area contributed by atoms with Gasteiger partial charge in [0.15, 0.2) is 0 Å². The van der Waals surface area contributed by atoms with Crippen molar-refractivity contribution in [2.45, 2.75) is 6.54 Å². The van der Waals surface area contributed by atoms with Crippen LogP contribution in [-0.2, 0) is 16.1 Å². The average Bonchev–Trinajstić information content (AvgIpc) is 3.30. The largest absolute Gasteiger partial charge is 0.457 e. The van der Waals surface area contributed by atoms with Gasteiger partial charge < -0.3 is 26.4 Å². The Balaban J connectivity index is 1.36. The standard InChI is InChI=1S/C23H23N5O4S/c24-22(25)16-10-19(33-14-16)11-26-20(29)12-27-21(30)13-28-23(31)15-6-8-18(9-7-15)32-17-4-2-1-3-5-17/h1-10,14H,11-13H2,(H3,24,25)(H,26,29)(H,27,30)(H,28,31). The van der Waals surface area contributed by atoms with E-state index in [4.69, 9.17) is 15.9 Å². The van der Waals surface area contributed by atoms with Gasteiger partial charge in [0.1, 0.15) is 17.3 Å². The number of ether oxygens (including phenoxy) is 1. The predicted molar refractivity (Wildman–Crippen MR) is 125 cm³/mol. The van der Waals surface area contributed by atoms with Crippen LogP contribution in [0.15, 0.2) is 66.0 Å². The maximum atomic E-state index is 12.2. The molecule has 3 amide bonds. The van der Waals surface area contributed by atoms with Crippen molar-refractivity contribution in [1.82, 2.24) is 16.0 Å². The lowest BCUT2D eigenvalue weighted by molar-refractivity contribution is -0.125. The number of nitrogen functional groups attached to an aromatic ring is 1. The van der Waals surface area contributed by atoms with E-state index in [9.17, 15) is 14.4 Å². The quantitative estimate of drug-likeness (QED) is 0.230. The lowest BCUT2D eigenvalue weighted by Gasteiger charge is -2.09. The van der Waals surface area contributed by atoms with Crippen LogP contribution in [0.1, 0.15) is 20.8 Å². The highest BCUT2D eigenvalue weighted by Crippen LogP contribution is 2.21. The maximum absolute atomic E-state index is 12.2. The molecule has 9 nitrogen and oxygen atoms in total. The first-order valence-electron chi connectivity index (χ1n) is 9.97. The smallest absolute Gasteiger partial charge is 0.251 e. The van der Waals surface area contributed by atoms with Crippen LogP contribution in [0.5, 0.6) is 11.5 Å². The lowest BCUT2D eigenvalue weighted by Crippen LogP contribution is -2.41. The summed E-state index contributed by atoms with van der Waals surface area (Å²) < 4.78 is 5.68. The fourth-order valence-electron chi connectivity index (χ4n) is 2.67. The van der Waals surface area contributed by atoms with Gasteiger partial charge in [-0.05, 0) is 42.5 Å². The average molecular weight is 466 g/mol. The van der Waals surface area contributed by atoms with E-state index < -0.39 is 11.8 Å². The molecule has 6 N–H and O–H groups in total. The van der Waals surface area contributed by atoms with Crippen molar-refractivity contribution in [3.63, 3.8) is 0 Å². The number of carbonyl (C=O) groups is 3. The van der Waals surface area contributed by atoms with E-state index in [0.29, 0.717) is 22.6 Å². The van der Waals surface area contributed by atoms with E-state index in [1.807, 2.05) is 30.3 Å². The molecular formula is C23H23N5O4S. The van der Waals surface area contributed by atoms with Crippen molar-refractivity contribution in [2.24, 2.45) is 5.73 Å². The fourth-order valence-corrected chi connectivity index (χ4v) is 3.49. The van der Waals surface area contributed by atoms with Gasteiger partial charge in [-0.25, -0.2) is 0 Å². The second-order valence-electron chi connectivity index (χ2n) is 6.89. The third-order valence-electron chi connectivity index (χ3n) is 4.38. The van der Waals surface area contributed by atoms with Crippen LogP contribution in [0.3, 0.4) is 0 Å². The molecule has 0 aliphatic heterocycles. The molecular weight excluding hydrogens is 442 g/mol. The molecule has 1 heterocycles. The highest BCUT2D eigenvalue weighted by Gasteiger charge is 2.10. The molecule has 33 heavy (non-hydrogen) atoms. The Bertz CT molecular complexity index is 1130. The monoisotopic (exact) mass is 465 g/mol. The Morgan fingerprint density at radius 1 is 0.848 bits per heavy atom. The molecule has 0 radical (unpaired) electrons. The third kappa shape index (κ3) is 7.47. The first kappa shape index (κ1) is 23.5. The van der Waals surface area contributed by atoms with E-state index >= 15 is 0 Å². The molecule has 0 bridgehead atoms. The highest BCUT2D eigenvalue weighted by atomic mass is 32.1. The molecule has 0 saturated heterocycles. The van der Waals surface area contributed by atoms with Gasteiger partial charge in [0.25, 0.3) is 5.91 Å². The molecule has 2 aromatic carbocycles. The van der Waals surface area contributed by atoms with Crippen LogP contribution < -0.4 is 26.4 Å². The molecule has 0 atom stereocenters. The lowest BCUT2D eigenvalue weighted by atomic mass is 10.2. The Hall–Kier alpha value is -4.18. The van der Waals surface area contributed by atoms with Gasteiger partial charge in [-0.3, -0.25) is 19.8 Å². The molecule has 0 unspecified atom stereocenters. The summed E-state index contributed by atoms with van der Waals surface area (Å²) in [6.07, 6.45) is 0. The molecule has 0 aliphatic rings. The summed E-state index contributed by atoms with van der Waals surface area (Å²) in [6.45, 7) is -0.209. The number of para-hydroxylation sites is 1. The Morgan fingerprint density at radius 3 is 2.15 bits per heavy atom. The van der Waals surface area contributed by atoms with Gasteiger partial charge in [0.05, 0.1) is 19.6 Å². The van der Waals surface area contributed by atoms with E-state index in [0.717, 1.165) is 4.88 Å². The number of amidine groups is 1. The Morgan fingerprint density at radius 2 is 1.48 bits per heavy atom. The number of nitrogens with one attached hydrogen (secondary N) is 4. The zero-order valence-electron chi connectivity index (χ0n) is 17.6. The van der Waals surface area contributed by atoms with Gasteiger partial charge in [-0.15, -0.1) is 11.3 Å². The summed E-state index contributed by atoms with van der Waals surface area (Å²) in [7, 11) is 0. The number of benzene rings is 2. The number of hydrogen-bond acceptors (Lipinski definition) is 6. The first-order chi connectivity index (χ1) is 15.9. The number of hydrogen-bond donors (Lipinski definition) is 5. The minimum absolute atomic E-state index is 0.0328. The second kappa shape index (κ2) is 11.4. The Kier molecular flexibility index (Phi) is 8.14. The summed E-state index contributed by atoms with van der Waals surface area (Å²) in [5.41, 5.74) is 6.39. The van der Waals surface area contributed by atoms with Gasteiger partial charge >= 0.3 is 0 Å². The number of amides is 3. The highest BCUT2D eigenvalue weighted by molar-refractivity contribution is 7.10. The van der Waals surface area contributed by atoms with Crippen molar-refractivity contribution < 1.29 is 19.1 Å². The zero-order chi connectivity index (χ0) is 23.6. The van der Waals surface area contributed by atoms with Crippen LogP contribution in [0.2, 0.25) is 0 Å². The zero-order valence-corrected chi connectivity index (χ0v) is 18.4. The minimum Gasteiger partial charge on any atom is -0.457 e. The molecule has 0 saturated carbocycles. The van der Waals surface area contributed by atoms with E-state index in [1.165, 1.54) is 11.3 Å². The molecule has 0 spiro atoms. The van der Waals surface area contributed by atoms with Gasteiger partial charge in [-0.1, -0.05) is 18.2 Å². The van der Waals surface area contributed by atoms with Crippen LogP contribution in [-0.4, -0.2) is 36.6 Å². The van der Waals surface area contributed by atoms with E-state index in [2.05, 4.69) is 16.0 Å². The number of rotatable bonds is 10. The van der Waals surface area contributed by atoms with Crippen molar-refractivity contribution in [1.29, 1.82) is 5.41 Å². The molecule has 3 rings (SSSR count). The van der Waals surface area contributed by atoms with Crippen molar-refractivity contribution >= 4 is 34.9 Å². The third-order valence-corrected chi connectivity index (χ3v) is 5.31. The summed E-state index contributed by atoms with van der Waals surface area (Å²) in [5, 5.41) is 16.7. The van der Waals surface area contributed by atoms with Crippen molar-refractivity contribution in [3.05, 3.63) is 82.0 Å². The molecule has 0 aliphatic carbocycles. The number of nitrogens with two attached hydrogens (primary N) is 1. The number of carbonyl (C=O) groups excluding carboxylic acids is 3. The minimum atomic E-state index is -0.488. The van der Waals surface area contributed by atoms with E-state index in [1.54, 1.807) is 35.7 Å². The molecule has 170 valence electrons.